The predicted octanol–water partition coefficient (Wildman–Crippen LogP) is 3.89. The number of piperidine rings is 1. The van der Waals surface area contributed by atoms with Crippen molar-refractivity contribution >= 4 is 28.6 Å². The fourth-order valence-corrected chi connectivity index (χ4v) is 4.76. The van der Waals surface area contributed by atoms with Crippen LogP contribution in [-0.4, -0.2) is 45.8 Å². The highest BCUT2D eigenvalue weighted by Crippen LogP contribution is 2.25. The molecule has 1 fully saturated rings. The summed E-state index contributed by atoms with van der Waals surface area (Å²) in [5, 5.41) is 1.05. The molecule has 7 heteroatoms. The molecule has 30 heavy (non-hydrogen) atoms. The lowest BCUT2D eigenvalue weighted by molar-refractivity contribution is -0.131. The molecule has 2 heterocycles. The zero-order valence-electron chi connectivity index (χ0n) is 17.2. The maximum Gasteiger partial charge on any atom is 0.266 e. The standard InChI is InChI=1S/C23H25N3O3S/c1-16-8-5-6-13-25(16)21(27)15-30-23-24-20-12-4-3-11-19(20)22(28)26(23)17-9-7-10-18(14-17)29-2/h3-4,7,9-12,14,16H,5-6,8,13,15H2,1-2H3/t16-/m0/s1. The van der Waals surface area contributed by atoms with Gasteiger partial charge in [0.2, 0.25) is 5.91 Å². The summed E-state index contributed by atoms with van der Waals surface area (Å²) in [7, 11) is 1.59. The zero-order chi connectivity index (χ0) is 21.1. The summed E-state index contributed by atoms with van der Waals surface area (Å²) in [5.74, 6) is 0.993. The van der Waals surface area contributed by atoms with Crippen LogP contribution >= 0.6 is 11.8 Å². The Morgan fingerprint density at radius 1 is 1.20 bits per heavy atom. The van der Waals surface area contributed by atoms with E-state index in [4.69, 9.17) is 9.72 Å². The zero-order valence-corrected chi connectivity index (χ0v) is 18.0. The highest BCUT2D eigenvalue weighted by atomic mass is 32.2. The Hall–Kier alpha value is -2.80. The lowest BCUT2D eigenvalue weighted by Gasteiger charge is -2.33. The first-order valence-electron chi connectivity index (χ1n) is 10.2. The number of benzene rings is 2. The second-order valence-electron chi connectivity index (χ2n) is 7.47. The van der Waals surface area contributed by atoms with E-state index in [0.717, 1.165) is 19.4 Å². The first kappa shape index (κ1) is 20.5. The molecule has 1 aliphatic heterocycles. The molecule has 0 bridgehead atoms. The Bertz CT molecular complexity index is 1130. The van der Waals surface area contributed by atoms with Crippen molar-refractivity contribution in [2.45, 2.75) is 37.4 Å². The topological polar surface area (TPSA) is 64.4 Å². The van der Waals surface area contributed by atoms with E-state index in [1.54, 1.807) is 23.8 Å². The summed E-state index contributed by atoms with van der Waals surface area (Å²) < 4.78 is 6.90. The molecule has 3 aromatic rings. The summed E-state index contributed by atoms with van der Waals surface area (Å²) in [6, 6.07) is 14.9. The quantitative estimate of drug-likeness (QED) is 0.460. The van der Waals surface area contributed by atoms with E-state index in [9.17, 15) is 9.59 Å². The molecule has 156 valence electrons. The number of hydrogen-bond donors (Lipinski definition) is 0. The molecule has 4 rings (SSSR count). The lowest BCUT2D eigenvalue weighted by atomic mass is 10.0. The van der Waals surface area contributed by atoms with E-state index in [0.29, 0.717) is 27.5 Å². The molecule has 1 aromatic heterocycles. The number of amides is 1. The highest BCUT2D eigenvalue weighted by Gasteiger charge is 2.24. The van der Waals surface area contributed by atoms with E-state index in [2.05, 4.69) is 6.92 Å². The molecule has 1 saturated heterocycles. The number of fused-ring (bicyclic) bond motifs is 1. The molecule has 0 radical (unpaired) electrons. The maximum absolute atomic E-state index is 13.3. The van der Waals surface area contributed by atoms with Gasteiger partial charge in [-0.1, -0.05) is 30.0 Å². The molecule has 1 amide bonds. The normalized spacial score (nSPS) is 16.6. The Balaban J connectivity index is 1.72. The van der Waals surface area contributed by atoms with Gasteiger partial charge in [0, 0.05) is 18.7 Å². The molecule has 1 aliphatic rings. The van der Waals surface area contributed by atoms with Crippen molar-refractivity contribution in [2.75, 3.05) is 19.4 Å². The van der Waals surface area contributed by atoms with Gasteiger partial charge in [-0.05, 0) is 50.5 Å². The summed E-state index contributed by atoms with van der Waals surface area (Å²) >= 11 is 1.31. The van der Waals surface area contributed by atoms with Gasteiger partial charge in [-0.2, -0.15) is 0 Å². The molecule has 0 unspecified atom stereocenters. The summed E-state index contributed by atoms with van der Waals surface area (Å²) in [4.78, 5) is 32.8. The summed E-state index contributed by atoms with van der Waals surface area (Å²) in [6.45, 7) is 2.90. The van der Waals surface area contributed by atoms with Crippen molar-refractivity contribution in [3.63, 3.8) is 0 Å². The number of rotatable bonds is 5. The molecule has 0 N–H and O–H groups in total. The summed E-state index contributed by atoms with van der Waals surface area (Å²) in [5.41, 5.74) is 1.14. The van der Waals surface area contributed by atoms with Crippen LogP contribution in [0.4, 0.5) is 0 Å². The van der Waals surface area contributed by atoms with Gasteiger partial charge in [0.1, 0.15) is 5.75 Å². The fourth-order valence-electron chi connectivity index (χ4n) is 3.86. The number of ether oxygens (including phenoxy) is 1. The fraction of sp³-hybridized carbons (Fsp3) is 0.348. The Morgan fingerprint density at radius 2 is 2.03 bits per heavy atom. The molecule has 0 aliphatic carbocycles. The number of thioether (sulfide) groups is 1. The average Bonchev–Trinajstić information content (AvgIpc) is 2.78. The van der Waals surface area contributed by atoms with E-state index in [1.807, 2.05) is 41.3 Å². The monoisotopic (exact) mass is 423 g/mol. The average molecular weight is 424 g/mol. The molecular weight excluding hydrogens is 398 g/mol. The number of hydrogen-bond acceptors (Lipinski definition) is 5. The van der Waals surface area contributed by atoms with Crippen LogP contribution in [0, 0.1) is 0 Å². The van der Waals surface area contributed by atoms with Crippen LogP contribution in [-0.2, 0) is 4.79 Å². The molecule has 2 aromatic carbocycles. The van der Waals surface area contributed by atoms with Crippen LogP contribution in [0.2, 0.25) is 0 Å². The minimum absolute atomic E-state index is 0.0896. The number of carbonyl (C=O) groups excluding carboxylic acids is 1. The second kappa shape index (κ2) is 8.92. The van der Waals surface area contributed by atoms with Crippen LogP contribution in [0.3, 0.4) is 0 Å². The molecule has 0 spiro atoms. The molecule has 1 atom stereocenters. The highest BCUT2D eigenvalue weighted by molar-refractivity contribution is 7.99. The minimum Gasteiger partial charge on any atom is -0.497 e. The van der Waals surface area contributed by atoms with E-state index in [1.165, 1.54) is 18.2 Å². The third-order valence-corrected chi connectivity index (χ3v) is 6.43. The van der Waals surface area contributed by atoms with E-state index in [-0.39, 0.29) is 23.3 Å². The smallest absolute Gasteiger partial charge is 0.266 e. The first-order chi connectivity index (χ1) is 14.6. The minimum atomic E-state index is -0.157. The van der Waals surface area contributed by atoms with Crippen molar-refractivity contribution < 1.29 is 9.53 Å². The van der Waals surface area contributed by atoms with Crippen LogP contribution in [0.15, 0.2) is 58.5 Å². The number of aromatic nitrogens is 2. The van der Waals surface area contributed by atoms with Gasteiger partial charge in [0.25, 0.3) is 5.56 Å². The summed E-state index contributed by atoms with van der Waals surface area (Å²) in [6.07, 6.45) is 3.25. The van der Waals surface area contributed by atoms with Gasteiger partial charge in [-0.3, -0.25) is 14.2 Å². The van der Waals surface area contributed by atoms with Crippen molar-refractivity contribution in [1.29, 1.82) is 0 Å². The van der Waals surface area contributed by atoms with Gasteiger partial charge in [-0.15, -0.1) is 0 Å². The molecular formula is C23H25N3O3S. The van der Waals surface area contributed by atoms with Gasteiger partial charge in [0.05, 0.1) is 29.5 Å². The number of carbonyl (C=O) groups is 1. The first-order valence-corrected chi connectivity index (χ1v) is 11.2. The Morgan fingerprint density at radius 3 is 2.83 bits per heavy atom. The maximum atomic E-state index is 13.3. The number of methoxy groups -OCH3 is 1. The van der Waals surface area contributed by atoms with Crippen LogP contribution in [0.1, 0.15) is 26.2 Å². The molecule has 6 nitrogen and oxygen atoms in total. The van der Waals surface area contributed by atoms with E-state index >= 15 is 0 Å². The molecule has 0 saturated carbocycles. The number of likely N-dealkylation sites (tertiary alicyclic amines) is 1. The van der Waals surface area contributed by atoms with Gasteiger partial charge in [0.15, 0.2) is 5.16 Å². The van der Waals surface area contributed by atoms with Crippen molar-refractivity contribution in [2.24, 2.45) is 0 Å². The van der Waals surface area contributed by atoms with Gasteiger partial charge in [-0.25, -0.2) is 4.98 Å². The van der Waals surface area contributed by atoms with Crippen LogP contribution < -0.4 is 10.3 Å². The van der Waals surface area contributed by atoms with Gasteiger partial charge >= 0.3 is 0 Å². The largest absolute Gasteiger partial charge is 0.497 e. The third kappa shape index (κ3) is 4.07. The number of nitrogens with zero attached hydrogens (tertiary/aromatic N) is 3. The predicted molar refractivity (Wildman–Crippen MR) is 120 cm³/mol. The second-order valence-corrected chi connectivity index (χ2v) is 8.42. The van der Waals surface area contributed by atoms with Crippen LogP contribution in [0.25, 0.3) is 16.6 Å². The SMILES string of the molecule is COc1cccc(-n2c(SCC(=O)N3CCCC[C@@H]3C)nc3ccccc3c2=O)c1. The van der Waals surface area contributed by atoms with Crippen molar-refractivity contribution in [3.8, 4) is 11.4 Å². The Kier molecular flexibility index (Phi) is 6.08. The number of para-hydroxylation sites is 1. The van der Waals surface area contributed by atoms with Crippen molar-refractivity contribution in [1.82, 2.24) is 14.5 Å². The van der Waals surface area contributed by atoms with Crippen molar-refractivity contribution in [3.05, 3.63) is 58.9 Å². The van der Waals surface area contributed by atoms with Crippen LogP contribution in [0.5, 0.6) is 5.75 Å². The van der Waals surface area contributed by atoms with Gasteiger partial charge < -0.3 is 9.64 Å². The van der Waals surface area contributed by atoms with E-state index < -0.39 is 0 Å². The lowest BCUT2D eigenvalue weighted by Crippen LogP contribution is -2.43. The Labute approximate surface area is 179 Å². The third-order valence-electron chi connectivity index (χ3n) is 5.50.